The normalized spacial score (nSPS) is 23.0. The van der Waals surface area contributed by atoms with Crippen molar-refractivity contribution in [2.45, 2.75) is 45.1 Å². The van der Waals surface area contributed by atoms with Gasteiger partial charge in [-0.25, -0.2) is 0 Å². The number of ketones is 1. The molecule has 2 heterocycles. The molecule has 1 aromatic rings. The Bertz CT molecular complexity index is 701. The molecule has 6 nitrogen and oxygen atoms in total. The Kier molecular flexibility index (Phi) is 8.68. The number of carbonyl (C=O) groups is 1. The van der Waals surface area contributed by atoms with Crippen molar-refractivity contribution in [2.75, 3.05) is 45.9 Å². The molecular weight excluding hydrogens is 378 g/mol. The van der Waals surface area contributed by atoms with Gasteiger partial charge in [-0.2, -0.15) is 5.26 Å². The maximum Gasteiger partial charge on any atom is 0.132 e. The highest BCUT2D eigenvalue weighted by Crippen LogP contribution is 2.29. The topological polar surface area (TPSA) is 76.8 Å². The van der Waals surface area contributed by atoms with Gasteiger partial charge in [0.1, 0.15) is 24.2 Å². The number of ether oxygens (including phenoxy) is 1. The molecule has 2 bridgehead atoms. The molecular formula is C24H35N3O3. The largest absolute Gasteiger partial charge is 0.491 e. The Labute approximate surface area is 180 Å². The minimum absolute atomic E-state index is 0.260. The first-order chi connectivity index (χ1) is 14.6. The lowest BCUT2D eigenvalue weighted by atomic mass is 9.84. The Morgan fingerprint density at radius 2 is 1.83 bits per heavy atom. The Balaban J connectivity index is 1.36. The number of nitriles is 1. The summed E-state index contributed by atoms with van der Waals surface area (Å²) in [5.41, 5.74) is 0.601. The van der Waals surface area contributed by atoms with E-state index in [1.807, 2.05) is 0 Å². The zero-order valence-corrected chi connectivity index (χ0v) is 18.1. The first kappa shape index (κ1) is 22.7. The highest BCUT2D eigenvalue weighted by atomic mass is 16.5. The lowest BCUT2D eigenvalue weighted by molar-refractivity contribution is -0.119. The van der Waals surface area contributed by atoms with Crippen LogP contribution in [-0.2, 0) is 4.79 Å². The molecule has 3 atom stereocenters. The number of Topliss-reactive ketones (excluding diaryl/α,β-unsaturated/α-hetero) is 1. The Morgan fingerprint density at radius 3 is 2.47 bits per heavy atom. The number of hydrogen-bond acceptors (Lipinski definition) is 6. The van der Waals surface area contributed by atoms with Crippen molar-refractivity contribution in [3.8, 4) is 11.8 Å². The van der Waals surface area contributed by atoms with Crippen LogP contribution in [0.25, 0.3) is 0 Å². The number of nitrogens with zero attached hydrogens (tertiary/aromatic N) is 3. The number of rotatable bonds is 11. The van der Waals surface area contributed by atoms with Gasteiger partial charge >= 0.3 is 0 Å². The lowest BCUT2D eigenvalue weighted by Crippen LogP contribution is -2.54. The molecule has 1 aromatic carbocycles. The number of aliphatic hydroxyl groups is 1. The van der Waals surface area contributed by atoms with E-state index in [0.717, 1.165) is 58.4 Å². The van der Waals surface area contributed by atoms with Crippen LogP contribution in [0.15, 0.2) is 24.3 Å². The summed E-state index contributed by atoms with van der Waals surface area (Å²) >= 11 is 0. The van der Waals surface area contributed by atoms with Crippen molar-refractivity contribution < 1.29 is 14.6 Å². The molecule has 3 rings (SSSR count). The van der Waals surface area contributed by atoms with Crippen LogP contribution < -0.4 is 4.74 Å². The van der Waals surface area contributed by atoms with E-state index in [2.05, 4.69) is 22.8 Å². The molecule has 0 amide bonds. The van der Waals surface area contributed by atoms with E-state index in [9.17, 15) is 9.90 Å². The van der Waals surface area contributed by atoms with Crippen LogP contribution in [0.2, 0.25) is 0 Å². The molecule has 0 aliphatic carbocycles. The van der Waals surface area contributed by atoms with E-state index in [0.29, 0.717) is 35.5 Å². The predicted octanol–water partition coefficient (Wildman–Crippen LogP) is 2.70. The van der Waals surface area contributed by atoms with Gasteiger partial charge in [-0.1, -0.05) is 6.92 Å². The first-order valence-corrected chi connectivity index (χ1v) is 11.3. The van der Waals surface area contributed by atoms with Crippen LogP contribution in [0.5, 0.6) is 5.75 Å². The third-order valence-corrected chi connectivity index (χ3v) is 6.09. The zero-order valence-electron chi connectivity index (χ0n) is 18.1. The van der Waals surface area contributed by atoms with Crippen molar-refractivity contribution in [2.24, 2.45) is 11.8 Å². The quantitative estimate of drug-likeness (QED) is 0.601. The van der Waals surface area contributed by atoms with Crippen molar-refractivity contribution in [3.05, 3.63) is 29.8 Å². The minimum Gasteiger partial charge on any atom is -0.491 e. The second kappa shape index (κ2) is 11.5. The van der Waals surface area contributed by atoms with Gasteiger partial charge in [0, 0.05) is 45.6 Å². The Hall–Kier alpha value is -1.94. The van der Waals surface area contributed by atoms with Gasteiger partial charge in [0.2, 0.25) is 0 Å². The predicted molar refractivity (Wildman–Crippen MR) is 116 cm³/mol. The number of likely N-dealkylation sites (tertiary alicyclic amines) is 2. The van der Waals surface area contributed by atoms with E-state index in [1.54, 1.807) is 24.3 Å². The van der Waals surface area contributed by atoms with Crippen LogP contribution >= 0.6 is 0 Å². The molecule has 2 aliphatic rings. The molecule has 1 N–H and O–H groups in total. The maximum atomic E-state index is 11.7. The Morgan fingerprint density at radius 1 is 1.17 bits per heavy atom. The van der Waals surface area contributed by atoms with E-state index in [1.165, 1.54) is 6.42 Å². The number of piperidine rings is 2. The van der Waals surface area contributed by atoms with Crippen LogP contribution in [0, 0.1) is 23.2 Å². The van der Waals surface area contributed by atoms with Gasteiger partial charge in [0.25, 0.3) is 0 Å². The summed E-state index contributed by atoms with van der Waals surface area (Å²) in [6.45, 7) is 8.24. The third-order valence-electron chi connectivity index (χ3n) is 6.09. The summed E-state index contributed by atoms with van der Waals surface area (Å²) in [4.78, 5) is 16.7. The summed E-state index contributed by atoms with van der Waals surface area (Å²) in [7, 11) is 0. The average molecular weight is 414 g/mol. The van der Waals surface area contributed by atoms with Gasteiger partial charge in [-0.15, -0.1) is 0 Å². The smallest absolute Gasteiger partial charge is 0.132 e. The highest BCUT2D eigenvalue weighted by molar-refractivity contribution is 5.78. The van der Waals surface area contributed by atoms with Crippen LogP contribution in [0.4, 0.5) is 0 Å². The fourth-order valence-electron chi connectivity index (χ4n) is 4.90. The van der Waals surface area contributed by atoms with Gasteiger partial charge in [0.15, 0.2) is 0 Å². The van der Waals surface area contributed by atoms with Crippen LogP contribution in [0.3, 0.4) is 0 Å². The van der Waals surface area contributed by atoms with Crippen molar-refractivity contribution in [3.63, 3.8) is 0 Å². The highest BCUT2D eigenvalue weighted by Gasteiger charge is 2.34. The van der Waals surface area contributed by atoms with E-state index >= 15 is 0 Å². The van der Waals surface area contributed by atoms with Crippen LogP contribution in [-0.4, -0.2) is 72.7 Å². The number of carbonyl (C=O) groups excluding carboxylic acids is 1. The summed E-state index contributed by atoms with van der Waals surface area (Å²) in [6, 6.07) is 9.06. The molecule has 164 valence electrons. The van der Waals surface area contributed by atoms with Gasteiger partial charge in [-0.05, 0) is 61.9 Å². The zero-order chi connectivity index (χ0) is 21.3. The summed E-state index contributed by atoms with van der Waals surface area (Å²) < 4.78 is 5.68. The molecule has 0 aromatic heterocycles. The summed E-state index contributed by atoms with van der Waals surface area (Å²) in [5.74, 6) is 2.38. The van der Waals surface area contributed by atoms with E-state index in [-0.39, 0.29) is 6.61 Å². The number of benzene rings is 1. The molecule has 2 aliphatic heterocycles. The molecule has 2 saturated heterocycles. The SMILES string of the molecule is CCCC(=O)CCCN1CC2CC(C1)CN(CC(O)COc1ccc(C#N)cc1)C2. The van der Waals surface area contributed by atoms with Gasteiger partial charge < -0.3 is 14.7 Å². The van der Waals surface area contributed by atoms with Crippen molar-refractivity contribution in [1.29, 1.82) is 5.26 Å². The minimum atomic E-state index is -0.528. The fourth-order valence-corrected chi connectivity index (χ4v) is 4.90. The number of hydrogen-bond donors (Lipinski definition) is 1. The van der Waals surface area contributed by atoms with Crippen molar-refractivity contribution in [1.82, 2.24) is 9.80 Å². The van der Waals surface area contributed by atoms with Gasteiger partial charge in [-0.3, -0.25) is 9.69 Å². The maximum absolute atomic E-state index is 11.7. The lowest BCUT2D eigenvalue weighted by Gasteiger charge is -2.46. The average Bonchev–Trinajstić information content (AvgIpc) is 2.72. The van der Waals surface area contributed by atoms with Gasteiger partial charge in [0.05, 0.1) is 11.6 Å². The van der Waals surface area contributed by atoms with E-state index in [4.69, 9.17) is 10.00 Å². The number of β-amino-alcohol motifs (C(OH)–C–C–N with tert-alkyl or cyclic N) is 1. The second-order valence-electron chi connectivity index (χ2n) is 8.94. The molecule has 0 spiro atoms. The monoisotopic (exact) mass is 413 g/mol. The van der Waals surface area contributed by atoms with E-state index < -0.39 is 6.10 Å². The second-order valence-corrected chi connectivity index (χ2v) is 8.94. The number of aliphatic hydroxyl groups excluding tert-OH is 1. The fraction of sp³-hybridized carbons (Fsp3) is 0.667. The molecule has 0 saturated carbocycles. The third kappa shape index (κ3) is 7.09. The summed E-state index contributed by atoms with van der Waals surface area (Å²) in [5, 5.41) is 19.3. The van der Waals surface area contributed by atoms with Crippen LogP contribution in [0.1, 0.15) is 44.6 Å². The number of fused-ring (bicyclic) bond motifs is 2. The standard InChI is InChI=1S/C24H35N3O3/c1-2-4-22(28)5-3-10-26-13-20-11-21(14-26)16-27(15-20)17-23(29)18-30-24-8-6-19(12-25)7-9-24/h6-9,20-21,23,29H,2-5,10-11,13-18H2,1H3. The first-order valence-electron chi connectivity index (χ1n) is 11.3. The molecule has 3 unspecified atom stereocenters. The summed E-state index contributed by atoms with van der Waals surface area (Å²) in [6.07, 6.45) is 4.12. The van der Waals surface area contributed by atoms with Crippen molar-refractivity contribution >= 4 is 5.78 Å². The molecule has 30 heavy (non-hydrogen) atoms. The molecule has 2 fully saturated rings. The molecule has 6 heteroatoms. The molecule has 0 radical (unpaired) electrons.